The molecule has 118 valence electrons. The number of hydrogen-bond donors (Lipinski definition) is 1. The van der Waals surface area contributed by atoms with Gasteiger partial charge in [-0.05, 0) is 49.9 Å². The van der Waals surface area contributed by atoms with Crippen LogP contribution in [0.15, 0.2) is 12.1 Å². The van der Waals surface area contributed by atoms with Crippen LogP contribution in [0.2, 0.25) is 0 Å². The van der Waals surface area contributed by atoms with Crippen LogP contribution in [-0.4, -0.2) is 14.2 Å². The highest BCUT2D eigenvalue weighted by atomic mass is 16.5. The van der Waals surface area contributed by atoms with Crippen LogP contribution in [-0.2, 0) is 0 Å². The number of aryl methyl sites for hydroxylation is 2. The average molecular weight is 289 g/mol. The molecule has 0 radical (unpaired) electrons. The number of rotatable bonds is 5. The highest BCUT2D eigenvalue weighted by molar-refractivity contribution is 5.44. The Morgan fingerprint density at radius 3 is 2.14 bits per heavy atom. The van der Waals surface area contributed by atoms with Gasteiger partial charge in [-0.3, -0.25) is 0 Å². The van der Waals surface area contributed by atoms with Crippen molar-refractivity contribution in [2.75, 3.05) is 14.2 Å². The van der Waals surface area contributed by atoms with Gasteiger partial charge in [-0.1, -0.05) is 50.7 Å². The number of benzene rings is 1. The maximum Gasteiger partial charge on any atom is 0.124 e. The second-order valence-electron chi connectivity index (χ2n) is 6.62. The van der Waals surface area contributed by atoms with Crippen molar-refractivity contribution >= 4 is 0 Å². The lowest BCUT2D eigenvalue weighted by molar-refractivity contribution is 0.367. The van der Waals surface area contributed by atoms with Gasteiger partial charge in [0.15, 0.2) is 0 Å². The molecule has 1 N–H and O–H groups in total. The summed E-state index contributed by atoms with van der Waals surface area (Å²) in [7, 11) is 3.85. The zero-order valence-electron chi connectivity index (χ0n) is 14.2. The van der Waals surface area contributed by atoms with E-state index in [1.165, 1.54) is 61.6 Å². The van der Waals surface area contributed by atoms with Crippen molar-refractivity contribution < 1.29 is 4.74 Å². The molecule has 2 rings (SSSR count). The molecule has 0 spiro atoms. The minimum absolute atomic E-state index is 0.469. The Kier molecular flexibility index (Phi) is 6.10. The van der Waals surface area contributed by atoms with Gasteiger partial charge in [-0.25, -0.2) is 0 Å². The predicted octanol–water partition coefficient (Wildman–Crippen LogP) is 4.93. The van der Waals surface area contributed by atoms with E-state index in [9.17, 15) is 0 Å². The Morgan fingerprint density at radius 1 is 1.10 bits per heavy atom. The van der Waals surface area contributed by atoms with E-state index in [2.05, 4.69) is 38.3 Å². The minimum atomic E-state index is 0.469. The van der Waals surface area contributed by atoms with E-state index < -0.39 is 0 Å². The van der Waals surface area contributed by atoms with Crippen molar-refractivity contribution in [3.8, 4) is 5.75 Å². The molecule has 0 amide bonds. The maximum atomic E-state index is 5.49. The fourth-order valence-corrected chi connectivity index (χ4v) is 3.86. The summed E-state index contributed by atoms with van der Waals surface area (Å²) in [6.07, 6.45) is 9.78. The van der Waals surface area contributed by atoms with Crippen LogP contribution in [0.4, 0.5) is 0 Å². The molecule has 1 aliphatic rings. The first kappa shape index (κ1) is 16.4. The molecule has 1 saturated carbocycles. The molecule has 0 aliphatic heterocycles. The Bertz CT molecular complexity index is 424. The summed E-state index contributed by atoms with van der Waals surface area (Å²) >= 11 is 0. The molecule has 1 fully saturated rings. The van der Waals surface area contributed by atoms with Gasteiger partial charge in [-0.2, -0.15) is 0 Å². The molecule has 2 nitrogen and oxygen atoms in total. The fourth-order valence-electron chi connectivity index (χ4n) is 3.86. The standard InChI is InChI=1S/C19H31NO/c1-14-11-17(12-15(2)19(14)21-4)18(20-3)13-16-9-7-5-6-8-10-16/h11-12,16,18,20H,5-10,13H2,1-4H3. The smallest absolute Gasteiger partial charge is 0.124 e. The number of hydrogen-bond acceptors (Lipinski definition) is 2. The maximum absolute atomic E-state index is 5.49. The molecule has 0 aromatic heterocycles. The SMILES string of the molecule is CNC(CC1CCCCCC1)c1cc(C)c(OC)c(C)c1. The molecular weight excluding hydrogens is 258 g/mol. The van der Waals surface area contributed by atoms with Crippen molar-refractivity contribution in [2.24, 2.45) is 5.92 Å². The van der Waals surface area contributed by atoms with Gasteiger partial charge < -0.3 is 10.1 Å². The quantitative estimate of drug-likeness (QED) is 0.776. The molecule has 0 bridgehead atoms. The Hall–Kier alpha value is -1.02. The number of ether oxygens (including phenoxy) is 1. The highest BCUT2D eigenvalue weighted by Gasteiger charge is 2.19. The second-order valence-corrected chi connectivity index (χ2v) is 6.62. The Balaban J connectivity index is 2.13. The van der Waals surface area contributed by atoms with Gasteiger partial charge in [0.25, 0.3) is 0 Å². The average Bonchev–Trinajstić information content (AvgIpc) is 2.73. The van der Waals surface area contributed by atoms with Crippen LogP contribution in [0, 0.1) is 19.8 Å². The third kappa shape index (κ3) is 4.23. The van der Waals surface area contributed by atoms with Crippen molar-refractivity contribution in [2.45, 2.75) is 64.8 Å². The van der Waals surface area contributed by atoms with Gasteiger partial charge in [0, 0.05) is 6.04 Å². The van der Waals surface area contributed by atoms with E-state index >= 15 is 0 Å². The van der Waals surface area contributed by atoms with Crippen LogP contribution >= 0.6 is 0 Å². The van der Waals surface area contributed by atoms with Crippen molar-refractivity contribution in [3.63, 3.8) is 0 Å². The van der Waals surface area contributed by atoms with Crippen molar-refractivity contribution in [3.05, 3.63) is 28.8 Å². The summed E-state index contributed by atoms with van der Waals surface area (Å²) in [5.41, 5.74) is 3.90. The van der Waals surface area contributed by atoms with Crippen molar-refractivity contribution in [1.29, 1.82) is 0 Å². The van der Waals surface area contributed by atoms with Crippen LogP contribution in [0.5, 0.6) is 5.75 Å². The first-order valence-corrected chi connectivity index (χ1v) is 8.48. The third-order valence-corrected chi connectivity index (χ3v) is 4.98. The monoisotopic (exact) mass is 289 g/mol. The van der Waals surface area contributed by atoms with E-state index in [-0.39, 0.29) is 0 Å². The zero-order valence-corrected chi connectivity index (χ0v) is 14.2. The van der Waals surface area contributed by atoms with E-state index in [1.807, 2.05) is 0 Å². The summed E-state index contributed by atoms with van der Waals surface area (Å²) in [5, 5.41) is 3.54. The van der Waals surface area contributed by atoms with Gasteiger partial charge >= 0.3 is 0 Å². The number of methoxy groups -OCH3 is 1. The first-order chi connectivity index (χ1) is 10.2. The Morgan fingerprint density at radius 2 is 1.67 bits per heavy atom. The van der Waals surface area contributed by atoms with Gasteiger partial charge in [0.1, 0.15) is 5.75 Å². The summed E-state index contributed by atoms with van der Waals surface area (Å²) in [6, 6.07) is 5.06. The van der Waals surface area contributed by atoms with E-state index in [0.29, 0.717) is 6.04 Å². The van der Waals surface area contributed by atoms with Crippen LogP contribution in [0.3, 0.4) is 0 Å². The molecule has 21 heavy (non-hydrogen) atoms. The highest BCUT2D eigenvalue weighted by Crippen LogP contribution is 2.33. The van der Waals surface area contributed by atoms with Crippen LogP contribution in [0.25, 0.3) is 0 Å². The van der Waals surface area contributed by atoms with Crippen LogP contribution < -0.4 is 10.1 Å². The normalized spacial score (nSPS) is 18.3. The summed E-state index contributed by atoms with van der Waals surface area (Å²) in [5.74, 6) is 1.91. The predicted molar refractivity (Wildman–Crippen MR) is 90.1 cm³/mol. The van der Waals surface area contributed by atoms with Crippen LogP contribution in [0.1, 0.15) is 67.7 Å². The molecule has 0 heterocycles. The first-order valence-electron chi connectivity index (χ1n) is 8.48. The molecular formula is C19H31NO. The molecule has 0 saturated heterocycles. The van der Waals surface area contributed by atoms with Gasteiger partial charge in [-0.15, -0.1) is 0 Å². The van der Waals surface area contributed by atoms with Gasteiger partial charge in [0.05, 0.1) is 7.11 Å². The topological polar surface area (TPSA) is 21.3 Å². The third-order valence-electron chi connectivity index (χ3n) is 4.98. The molecule has 1 aromatic rings. The molecule has 1 atom stereocenters. The van der Waals surface area contributed by atoms with Gasteiger partial charge in [0.2, 0.25) is 0 Å². The lowest BCUT2D eigenvalue weighted by atomic mass is 9.88. The largest absolute Gasteiger partial charge is 0.496 e. The molecule has 1 unspecified atom stereocenters. The summed E-state index contributed by atoms with van der Waals surface area (Å²) in [4.78, 5) is 0. The van der Waals surface area contributed by atoms with E-state index in [1.54, 1.807) is 7.11 Å². The fraction of sp³-hybridized carbons (Fsp3) is 0.684. The molecule has 1 aromatic carbocycles. The zero-order chi connectivity index (χ0) is 15.2. The molecule has 2 heteroatoms. The Labute approximate surface area is 130 Å². The lowest BCUT2D eigenvalue weighted by Gasteiger charge is -2.24. The molecule has 1 aliphatic carbocycles. The lowest BCUT2D eigenvalue weighted by Crippen LogP contribution is -2.20. The van der Waals surface area contributed by atoms with E-state index in [0.717, 1.165) is 11.7 Å². The second kappa shape index (κ2) is 7.84. The summed E-state index contributed by atoms with van der Waals surface area (Å²) in [6.45, 7) is 4.29. The minimum Gasteiger partial charge on any atom is -0.496 e. The van der Waals surface area contributed by atoms with Crippen molar-refractivity contribution in [1.82, 2.24) is 5.32 Å². The number of nitrogens with one attached hydrogen (secondary N) is 1. The van der Waals surface area contributed by atoms with E-state index in [4.69, 9.17) is 4.74 Å². The summed E-state index contributed by atoms with van der Waals surface area (Å²) < 4.78 is 5.49.